The molecular weight excluding hydrogens is 324 g/mol. The van der Waals surface area contributed by atoms with E-state index in [1.54, 1.807) is 18.9 Å². The molecule has 1 saturated heterocycles. The molecule has 2 N–H and O–H groups in total. The molecule has 1 aliphatic rings. The Bertz CT molecular complexity index is 639. The van der Waals surface area contributed by atoms with Crippen LogP contribution in [0.2, 0.25) is 0 Å². The Morgan fingerprint density at radius 1 is 1.33 bits per heavy atom. The van der Waals surface area contributed by atoms with Gasteiger partial charge in [0.2, 0.25) is 0 Å². The standard InChI is InChI=1S/C17H24N4O2S/c1-22-15-6-4-14(5-7-15)21-16(8-9-18)19-20-17(21)24-12-13-3-2-10-23-11-13/h4-7,13H,2-3,8-12,18H2,1H3. The minimum Gasteiger partial charge on any atom is -0.497 e. The Balaban J connectivity index is 1.80. The molecule has 24 heavy (non-hydrogen) atoms. The molecule has 6 nitrogen and oxygen atoms in total. The molecular formula is C17H24N4O2S. The number of ether oxygens (including phenoxy) is 2. The summed E-state index contributed by atoms with van der Waals surface area (Å²) in [5.74, 6) is 3.31. The SMILES string of the molecule is COc1ccc(-n2c(CCN)nnc2SCC2CCCOC2)cc1. The van der Waals surface area contributed by atoms with Gasteiger partial charge in [0.15, 0.2) is 5.16 Å². The molecule has 3 rings (SSSR count). The maximum absolute atomic E-state index is 5.73. The van der Waals surface area contributed by atoms with Crippen molar-refractivity contribution in [2.45, 2.75) is 24.4 Å². The summed E-state index contributed by atoms with van der Waals surface area (Å²) in [5.41, 5.74) is 6.76. The summed E-state index contributed by atoms with van der Waals surface area (Å²) in [6.07, 6.45) is 3.07. The van der Waals surface area contributed by atoms with Gasteiger partial charge in [-0.2, -0.15) is 0 Å². The molecule has 2 heterocycles. The first-order chi connectivity index (χ1) is 11.8. The molecule has 1 unspecified atom stereocenters. The van der Waals surface area contributed by atoms with Gasteiger partial charge in [-0.15, -0.1) is 10.2 Å². The summed E-state index contributed by atoms with van der Waals surface area (Å²) >= 11 is 1.74. The van der Waals surface area contributed by atoms with Gasteiger partial charge in [-0.3, -0.25) is 4.57 Å². The maximum Gasteiger partial charge on any atom is 0.195 e. The van der Waals surface area contributed by atoms with Crippen LogP contribution in [0.1, 0.15) is 18.7 Å². The van der Waals surface area contributed by atoms with E-state index in [0.717, 1.165) is 47.8 Å². The number of thioether (sulfide) groups is 1. The predicted octanol–water partition coefficient (Wildman–Crippen LogP) is 2.30. The highest BCUT2D eigenvalue weighted by Gasteiger charge is 2.18. The van der Waals surface area contributed by atoms with Crippen LogP contribution in [0.5, 0.6) is 5.75 Å². The van der Waals surface area contributed by atoms with Crippen LogP contribution in [-0.2, 0) is 11.2 Å². The third-order valence-electron chi connectivity index (χ3n) is 4.10. The molecule has 130 valence electrons. The van der Waals surface area contributed by atoms with Crippen molar-refractivity contribution in [3.8, 4) is 11.4 Å². The number of aromatic nitrogens is 3. The Kier molecular flexibility index (Phi) is 6.12. The lowest BCUT2D eigenvalue weighted by Gasteiger charge is -2.21. The minimum absolute atomic E-state index is 0.551. The zero-order valence-corrected chi connectivity index (χ0v) is 14.8. The highest BCUT2D eigenvalue weighted by Crippen LogP contribution is 2.27. The molecule has 0 radical (unpaired) electrons. The number of hydrogen-bond donors (Lipinski definition) is 1. The Hall–Kier alpha value is -1.57. The fraction of sp³-hybridized carbons (Fsp3) is 0.529. The molecule has 7 heteroatoms. The van der Waals surface area contributed by atoms with Crippen LogP contribution in [0.25, 0.3) is 5.69 Å². The highest BCUT2D eigenvalue weighted by molar-refractivity contribution is 7.99. The lowest BCUT2D eigenvalue weighted by Crippen LogP contribution is -2.19. The van der Waals surface area contributed by atoms with Crippen LogP contribution in [0.4, 0.5) is 0 Å². The van der Waals surface area contributed by atoms with E-state index >= 15 is 0 Å². The molecule has 2 aromatic rings. The zero-order chi connectivity index (χ0) is 16.8. The van der Waals surface area contributed by atoms with Gasteiger partial charge in [0.25, 0.3) is 0 Å². The minimum atomic E-state index is 0.551. The van der Waals surface area contributed by atoms with Crippen LogP contribution in [0.15, 0.2) is 29.4 Å². The Morgan fingerprint density at radius 3 is 2.83 bits per heavy atom. The molecule has 0 bridgehead atoms. The zero-order valence-electron chi connectivity index (χ0n) is 14.0. The monoisotopic (exact) mass is 348 g/mol. The van der Waals surface area contributed by atoms with Crippen LogP contribution in [0.3, 0.4) is 0 Å². The van der Waals surface area contributed by atoms with Gasteiger partial charge in [0.05, 0.1) is 13.7 Å². The Labute approximate surface area is 146 Å². The van der Waals surface area contributed by atoms with Crippen molar-refractivity contribution in [3.05, 3.63) is 30.1 Å². The third kappa shape index (κ3) is 4.09. The topological polar surface area (TPSA) is 75.2 Å². The number of nitrogens with zero attached hydrogens (tertiary/aromatic N) is 3. The van der Waals surface area contributed by atoms with Crippen LogP contribution in [-0.4, -0.2) is 47.4 Å². The van der Waals surface area contributed by atoms with Crippen molar-refractivity contribution in [3.63, 3.8) is 0 Å². The molecule has 1 aromatic carbocycles. The smallest absolute Gasteiger partial charge is 0.195 e. The first kappa shape index (κ1) is 17.3. The first-order valence-electron chi connectivity index (χ1n) is 8.31. The summed E-state index contributed by atoms with van der Waals surface area (Å²) in [4.78, 5) is 0. The summed E-state index contributed by atoms with van der Waals surface area (Å²) in [7, 11) is 1.67. The normalized spacial score (nSPS) is 17.8. The van der Waals surface area contributed by atoms with Crippen molar-refractivity contribution < 1.29 is 9.47 Å². The largest absolute Gasteiger partial charge is 0.497 e. The first-order valence-corrected chi connectivity index (χ1v) is 9.29. The van der Waals surface area contributed by atoms with E-state index in [0.29, 0.717) is 18.9 Å². The predicted molar refractivity (Wildman–Crippen MR) is 94.9 cm³/mol. The lowest BCUT2D eigenvalue weighted by molar-refractivity contribution is 0.0632. The molecule has 1 fully saturated rings. The second-order valence-corrected chi connectivity index (χ2v) is 6.85. The van der Waals surface area contributed by atoms with E-state index < -0.39 is 0 Å². The van der Waals surface area contributed by atoms with Gasteiger partial charge in [0.1, 0.15) is 11.6 Å². The van der Waals surface area contributed by atoms with Gasteiger partial charge in [0, 0.05) is 24.5 Å². The van der Waals surface area contributed by atoms with Crippen molar-refractivity contribution in [2.75, 3.05) is 32.6 Å². The number of methoxy groups -OCH3 is 1. The molecule has 1 atom stereocenters. The second-order valence-electron chi connectivity index (χ2n) is 5.87. The molecule has 1 aromatic heterocycles. The van der Waals surface area contributed by atoms with Gasteiger partial charge in [-0.1, -0.05) is 11.8 Å². The van der Waals surface area contributed by atoms with Crippen molar-refractivity contribution >= 4 is 11.8 Å². The van der Waals surface area contributed by atoms with Gasteiger partial charge in [-0.25, -0.2) is 0 Å². The van der Waals surface area contributed by atoms with Crippen molar-refractivity contribution in [2.24, 2.45) is 11.7 Å². The fourth-order valence-electron chi connectivity index (χ4n) is 2.81. The summed E-state index contributed by atoms with van der Waals surface area (Å²) < 4.78 is 12.9. The fourth-order valence-corrected chi connectivity index (χ4v) is 3.89. The van der Waals surface area contributed by atoms with Gasteiger partial charge < -0.3 is 15.2 Å². The molecule has 0 aliphatic carbocycles. The van der Waals surface area contributed by atoms with E-state index in [1.807, 2.05) is 24.3 Å². The van der Waals surface area contributed by atoms with E-state index in [9.17, 15) is 0 Å². The number of hydrogen-bond acceptors (Lipinski definition) is 6. The number of rotatable bonds is 7. The number of benzene rings is 1. The van der Waals surface area contributed by atoms with E-state index in [-0.39, 0.29) is 0 Å². The van der Waals surface area contributed by atoms with Crippen LogP contribution in [0, 0.1) is 5.92 Å². The number of nitrogens with two attached hydrogens (primary N) is 1. The molecule has 0 saturated carbocycles. The Morgan fingerprint density at radius 2 is 2.17 bits per heavy atom. The van der Waals surface area contributed by atoms with Crippen molar-refractivity contribution in [1.82, 2.24) is 14.8 Å². The van der Waals surface area contributed by atoms with Crippen LogP contribution < -0.4 is 10.5 Å². The molecule has 1 aliphatic heterocycles. The highest BCUT2D eigenvalue weighted by atomic mass is 32.2. The third-order valence-corrected chi connectivity index (χ3v) is 5.26. The average molecular weight is 348 g/mol. The van der Waals surface area contributed by atoms with Crippen LogP contribution >= 0.6 is 11.8 Å². The van der Waals surface area contributed by atoms with Gasteiger partial charge >= 0.3 is 0 Å². The molecule has 0 spiro atoms. The quantitative estimate of drug-likeness (QED) is 0.774. The van der Waals surface area contributed by atoms with Gasteiger partial charge in [-0.05, 0) is 49.6 Å². The second kappa shape index (κ2) is 8.50. The molecule has 0 amide bonds. The maximum atomic E-state index is 5.73. The lowest BCUT2D eigenvalue weighted by atomic mass is 10.1. The van der Waals surface area contributed by atoms with E-state index in [4.69, 9.17) is 15.2 Å². The summed E-state index contributed by atoms with van der Waals surface area (Å²) in [5, 5.41) is 9.64. The summed E-state index contributed by atoms with van der Waals surface area (Å²) in [6, 6.07) is 7.95. The van der Waals surface area contributed by atoms with Crippen molar-refractivity contribution in [1.29, 1.82) is 0 Å². The van der Waals surface area contributed by atoms with E-state index in [2.05, 4.69) is 14.8 Å². The average Bonchev–Trinajstić information content (AvgIpc) is 3.04. The van der Waals surface area contributed by atoms with E-state index in [1.165, 1.54) is 6.42 Å². The summed E-state index contributed by atoms with van der Waals surface area (Å²) in [6.45, 7) is 2.29.